The van der Waals surface area contributed by atoms with E-state index in [0.29, 0.717) is 17.9 Å². The summed E-state index contributed by atoms with van der Waals surface area (Å²) in [5, 5.41) is 0. The molecule has 2 aromatic rings. The Morgan fingerprint density at radius 1 is 1.33 bits per heavy atom. The second-order valence-corrected chi connectivity index (χ2v) is 4.55. The maximum atomic E-state index is 13.9. The van der Waals surface area contributed by atoms with Crippen LogP contribution in [0, 0.1) is 11.6 Å². The number of pyridine rings is 1. The maximum Gasteiger partial charge on any atom is 0.163 e. The van der Waals surface area contributed by atoms with Gasteiger partial charge in [0.05, 0.1) is 18.8 Å². The van der Waals surface area contributed by atoms with E-state index in [0.717, 1.165) is 12.5 Å². The van der Waals surface area contributed by atoms with E-state index >= 15 is 0 Å². The highest BCUT2D eigenvalue weighted by atomic mass is 19.2. The van der Waals surface area contributed by atoms with Crippen molar-refractivity contribution in [2.45, 2.75) is 19.4 Å². The fourth-order valence-electron chi connectivity index (χ4n) is 2.00. The molecule has 0 saturated carbocycles. The monoisotopic (exact) mass is 293 g/mol. The third kappa shape index (κ3) is 3.53. The molecule has 1 atom stereocenters. The van der Waals surface area contributed by atoms with Gasteiger partial charge in [0.2, 0.25) is 0 Å². The fraction of sp³-hybridized carbons (Fsp3) is 0.267. The summed E-state index contributed by atoms with van der Waals surface area (Å²) >= 11 is 0. The third-order valence-corrected chi connectivity index (χ3v) is 3.00. The number of benzene rings is 1. The van der Waals surface area contributed by atoms with E-state index in [1.807, 2.05) is 6.92 Å². The lowest BCUT2D eigenvalue weighted by molar-refractivity contribution is 0.315. The number of hydrogen-bond acceptors (Lipinski definition) is 4. The van der Waals surface area contributed by atoms with Crippen molar-refractivity contribution in [1.29, 1.82) is 0 Å². The summed E-state index contributed by atoms with van der Waals surface area (Å²) in [7, 11) is 0. The Hall–Kier alpha value is -2.05. The molecule has 0 fully saturated rings. The lowest BCUT2D eigenvalue weighted by Crippen LogP contribution is -2.29. The number of hydrogen-bond donors (Lipinski definition) is 2. The first kappa shape index (κ1) is 15.3. The summed E-state index contributed by atoms with van der Waals surface area (Å²) in [6, 6.07) is 4.97. The fourth-order valence-corrected chi connectivity index (χ4v) is 2.00. The van der Waals surface area contributed by atoms with Crippen LogP contribution in [0.2, 0.25) is 0 Å². The van der Waals surface area contributed by atoms with Crippen molar-refractivity contribution in [3.63, 3.8) is 0 Å². The Bertz CT molecular complexity index is 607. The smallest absolute Gasteiger partial charge is 0.163 e. The van der Waals surface area contributed by atoms with Crippen molar-refractivity contribution in [2.75, 3.05) is 6.61 Å². The molecule has 112 valence electrons. The van der Waals surface area contributed by atoms with Gasteiger partial charge in [-0.25, -0.2) is 14.2 Å². The molecule has 0 saturated heterocycles. The number of nitrogens with zero attached hydrogens (tertiary/aromatic N) is 1. The summed E-state index contributed by atoms with van der Waals surface area (Å²) in [5.41, 5.74) is 3.19. The van der Waals surface area contributed by atoms with Crippen molar-refractivity contribution in [1.82, 2.24) is 10.4 Å². The molecule has 0 bridgehead atoms. The van der Waals surface area contributed by atoms with E-state index in [1.165, 1.54) is 18.3 Å². The molecule has 1 aromatic heterocycles. The Morgan fingerprint density at radius 2 is 2.14 bits per heavy atom. The van der Waals surface area contributed by atoms with Crippen LogP contribution in [0.1, 0.15) is 30.5 Å². The van der Waals surface area contributed by atoms with E-state index in [9.17, 15) is 8.78 Å². The Labute approximate surface area is 121 Å². The zero-order valence-corrected chi connectivity index (χ0v) is 11.6. The molecule has 0 aliphatic heterocycles. The molecule has 3 N–H and O–H groups in total. The number of nitrogens with two attached hydrogens (primary N) is 1. The molecule has 4 nitrogen and oxygen atoms in total. The van der Waals surface area contributed by atoms with Gasteiger partial charge in [-0.05, 0) is 24.1 Å². The van der Waals surface area contributed by atoms with Gasteiger partial charge in [-0.2, -0.15) is 0 Å². The molecule has 2 rings (SSSR count). The number of rotatable bonds is 6. The largest absolute Gasteiger partial charge is 0.492 e. The van der Waals surface area contributed by atoms with E-state index < -0.39 is 17.7 Å². The van der Waals surface area contributed by atoms with E-state index in [4.69, 9.17) is 10.6 Å². The molecule has 0 aliphatic carbocycles. The normalized spacial score (nSPS) is 12.2. The van der Waals surface area contributed by atoms with Gasteiger partial charge in [0.25, 0.3) is 0 Å². The summed E-state index contributed by atoms with van der Waals surface area (Å²) in [6.45, 7) is 2.55. The highest BCUT2D eigenvalue weighted by Crippen LogP contribution is 2.26. The van der Waals surface area contributed by atoms with Gasteiger partial charge >= 0.3 is 0 Å². The molecule has 0 spiro atoms. The summed E-state index contributed by atoms with van der Waals surface area (Å²) < 4.78 is 32.7. The van der Waals surface area contributed by atoms with Crippen LogP contribution in [0.15, 0.2) is 36.7 Å². The first-order valence-corrected chi connectivity index (χ1v) is 6.65. The summed E-state index contributed by atoms with van der Waals surface area (Å²) in [4.78, 5) is 4.05. The minimum Gasteiger partial charge on any atom is -0.492 e. The number of nitrogens with one attached hydrogen (secondary N) is 1. The first-order valence-electron chi connectivity index (χ1n) is 6.65. The second-order valence-electron chi connectivity index (χ2n) is 4.55. The molecule has 21 heavy (non-hydrogen) atoms. The highest BCUT2D eigenvalue weighted by molar-refractivity contribution is 5.35. The van der Waals surface area contributed by atoms with Crippen molar-refractivity contribution in [3.8, 4) is 5.75 Å². The average molecular weight is 293 g/mol. The quantitative estimate of drug-likeness (QED) is 0.635. The molecule has 1 aromatic carbocycles. The van der Waals surface area contributed by atoms with Crippen LogP contribution >= 0.6 is 0 Å². The SMILES string of the molecule is CCCOc1cncc(C(NN)c2cccc(F)c2F)c1. The summed E-state index contributed by atoms with van der Waals surface area (Å²) in [6.07, 6.45) is 3.96. The first-order chi connectivity index (χ1) is 10.2. The number of ether oxygens (including phenoxy) is 1. The van der Waals surface area contributed by atoms with Gasteiger partial charge < -0.3 is 4.74 Å². The molecule has 1 heterocycles. The Balaban J connectivity index is 2.35. The average Bonchev–Trinajstić information content (AvgIpc) is 2.50. The van der Waals surface area contributed by atoms with Gasteiger partial charge in [0.1, 0.15) is 5.75 Å². The van der Waals surface area contributed by atoms with Crippen molar-refractivity contribution in [3.05, 3.63) is 59.4 Å². The van der Waals surface area contributed by atoms with Crippen molar-refractivity contribution >= 4 is 0 Å². The van der Waals surface area contributed by atoms with Crippen LogP contribution < -0.4 is 16.0 Å². The molecule has 0 radical (unpaired) electrons. The third-order valence-electron chi connectivity index (χ3n) is 3.00. The van der Waals surface area contributed by atoms with Gasteiger partial charge in [-0.15, -0.1) is 0 Å². The zero-order chi connectivity index (χ0) is 15.2. The standard InChI is InChI=1S/C15H17F2N3O/c1-2-6-21-11-7-10(8-19-9-11)15(20-18)12-4-3-5-13(16)14(12)17/h3-5,7-9,15,20H,2,6,18H2,1H3. The van der Waals surface area contributed by atoms with E-state index in [1.54, 1.807) is 12.3 Å². The molecule has 0 aliphatic rings. The molecule has 0 amide bonds. The Kier molecular flexibility index (Phi) is 5.19. The lowest BCUT2D eigenvalue weighted by Gasteiger charge is -2.18. The molecular weight excluding hydrogens is 276 g/mol. The van der Waals surface area contributed by atoms with Crippen LogP contribution in [-0.4, -0.2) is 11.6 Å². The second kappa shape index (κ2) is 7.10. The number of aromatic nitrogens is 1. The van der Waals surface area contributed by atoms with Gasteiger partial charge in [0.15, 0.2) is 11.6 Å². The number of halogens is 2. The van der Waals surface area contributed by atoms with Crippen molar-refractivity contribution < 1.29 is 13.5 Å². The van der Waals surface area contributed by atoms with Gasteiger partial charge in [-0.3, -0.25) is 10.8 Å². The topological polar surface area (TPSA) is 60.2 Å². The van der Waals surface area contributed by atoms with Crippen LogP contribution in [0.3, 0.4) is 0 Å². The molecular formula is C15H17F2N3O. The van der Waals surface area contributed by atoms with E-state index in [2.05, 4.69) is 10.4 Å². The van der Waals surface area contributed by atoms with E-state index in [-0.39, 0.29) is 5.56 Å². The van der Waals surface area contributed by atoms with Crippen LogP contribution in [-0.2, 0) is 0 Å². The predicted molar refractivity (Wildman–Crippen MR) is 75.5 cm³/mol. The van der Waals surface area contributed by atoms with Crippen LogP contribution in [0.5, 0.6) is 5.75 Å². The van der Waals surface area contributed by atoms with Crippen molar-refractivity contribution in [2.24, 2.45) is 5.84 Å². The minimum absolute atomic E-state index is 0.118. The highest BCUT2D eigenvalue weighted by Gasteiger charge is 2.19. The minimum atomic E-state index is -0.930. The molecule has 1 unspecified atom stereocenters. The van der Waals surface area contributed by atoms with Crippen LogP contribution in [0.25, 0.3) is 0 Å². The number of hydrazine groups is 1. The van der Waals surface area contributed by atoms with Gasteiger partial charge in [0, 0.05) is 11.8 Å². The van der Waals surface area contributed by atoms with Crippen LogP contribution in [0.4, 0.5) is 8.78 Å². The Morgan fingerprint density at radius 3 is 2.86 bits per heavy atom. The van der Waals surface area contributed by atoms with Gasteiger partial charge in [-0.1, -0.05) is 19.1 Å². The lowest BCUT2D eigenvalue weighted by atomic mass is 10.00. The zero-order valence-electron chi connectivity index (χ0n) is 11.6. The molecule has 6 heteroatoms. The summed E-state index contributed by atoms with van der Waals surface area (Å²) in [5.74, 6) is 4.21. The maximum absolute atomic E-state index is 13.9. The predicted octanol–water partition coefficient (Wildman–Crippen LogP) is 2.70.